The van der Waals surface area contributed by atoms with Gasteiger partial charge in [-0.3, -0.25) is 4.79 Å². The Morgan fingerprint density at radius 3 is 2.88 bits per heavy atom. The second-order valence-electron chi connectivity index (χ2n) is 3.22. The lowest BCUT2D eigenvalue weighted by Crippen LogP contribution is -2.19. The number of hydrogen-bond acceptors (Lipinski definition) is 3. The van der Waals surface area contributed by atoms with E-state index in [2.05, 4.69) is 5.32 Å². The molecule has 0 bridgehead atoms. The van der Waals surface area contributed by atoms with E-state index in [0.29, 0.717) is 23.9 Å². The first kappa shape index (κ1) is 13.0. The molecule has 5 heteroatoms. The van der Waals surface area contributed by atoms with Crippen LogP contribution in [-0.4, -0.2) is 25.7 Å². The normalized spacial score (nSPS) is 10.1. The molecular formula is C11H15ClN2O2. The molecule has 1 amide bonds. The van der Waals surface area contributed by atoms with Gasteiger partial charge < -0.3 is 15.8 Å². The van der Waals surface area contributed by atoms with Crippen LogP contribution in [0.4, 0.5) is 5.69 Å². The maximum Gasteiger partial charge on any atom is 0.250 e. The second-order valence-corrected chi connectivity index (χ2v) is 3.63. The molecule has 1 aromatic rings. The molecule has 4 nitrogen and oxygen atoms in total. The summed E-state index contributed by atoms with van der Waals surface area (Å²) in [5.41, 5.74) is 5.88. The number of rotatable bonds is 6. The number of halogens is 1. The van der Waals surface area contributed by atoms with Gasteiger partial charge in [-0.05, 0) is 25.1 Å². The molecule has 0 aliphatic rings. The van der Waals surface area contributed by atoms with Gasteiger partial charge in [-0.2, -0.15) is 0 Å². The number of anilines is 1. The molecule has 0 atom stereocenters. The van der Waals surface area contributed by atoms with E-state index in [9.17, 15) is 4.79 Å². The van der Waals surface area contributed by atoms with Crippen molar-refractivity contribution < 1.29 is 9.53 Å². The topological polar surface area (TPSA) is 64.3 Å². The molecule has 0 fully saturated rings. The standard InChI is InChI=1S/C11H15ClN2O2/c12-9-4-1-2-5-10(9)14-11(15)8-16-7-3-6-13/h1-2,4-5H,3,6-8,13H2,(H,14,15). The molecule has 0 aromatic heterocycles. The average Bonchev–Trinajstić information content (AvgIpc) is 2.28. The molecule has 0 aliphatic heterocycles. The summed E-state index contributed by atoms with van der Waals surface area (Å²) in [6, 6.07) is 7.05. The minimum absolute atomic E-state index is 0.0191. The third-order valence-corrected chi connectivity index (χ3v) is 2.20. The number of benzene rings is 1. The smallest absolute Gasteiger partial charge is 0.250 e. The SMILES string of the molecule is NCCCOCC(=O)Nc1ccccc1Cl. The summed E-state index contributed by atoms with van der Waals surface area (Å²) >= 11 is 5.88. The van der Waals surface area contributed by atoms with Crippen LogP contribution >= 0.6 is 11.6 Å². The van der Waals surface area contributed by atoms with E-state index < -0.39 is 0 Å². The van der Waals surface area contributed by atoms with E-state index in [1.54, 1.807) is 24.3 Å². The van der Waals surface area contributed by atoms with Crippen molar-refractivity contribution in [1.82, 2.24) is 0 Å². The highest BCUT2D eigenvalue weighted by Gasteiger charge is 2.04. The predicted octanol–water partition coefficient (Wildman–Crippen LogP) is 1.64. The van der Waals surface area contributed by atoms with Crippen molar-refractivity contribution in [2.45, 2.75) is 6.42 Å². The number of nitrogens with two attached hydrogens (primary N) is 1. The molecular weight excluding hydrogens is 228 g/mol. The van der Waals surface area contributed by atoms with Crippen molar-refractivity contribution in [3.63, 3.8) is 0 Å². The lowest BCUT2D eigenvalue weighted by atomic mass is 10.3. The Bertz CT molecular complexity index is 345. The molecule has 0 aliphatic carbocycles. The van der Waals surface area contributed by atoms with Crippen LogP contribution < -0.4 is 11.1 Å². The van der Waals surface area contributed by atoms with Gasteiger partial charge in [0.05, 0.1) is 10.7 Å². The van der Waals surface area contributed by atoms with Gasteiger partial charge in [-0.15, -0.1) is 0 Å². The van der Waals surface area contributed by atoms with Gasteiger partial charge >= 0.3 is 0 Å². The van der Waals surface area contributed by atoms with Crippen molar-refractivity contribution in [3.8, 4) is 0 Å². The highest BCUT2D eigenvalue weighted by atomic mass is 35.5. The summed E-state index contributed by atoms with van der Waals surface area (Å²) in [5, 5.41) is 3.17. The monoisotopic (exact) mass is 242 g/mol. The zero-order chi connectivity index (χ0) is 11.8. The molecule has 0 saturated carbocycles. The molecule has 0 radical (unpaired) electrons. The highest BCUT2D eigenvalue weighted by molar-refractivity contribution is 6.33. The third kappa shape index (κ3) is 4.61. The maximum absolute atomic E-state index is 11.4. The summed E-state index contributed by atoms with van der Waals surface area (Å²) in [6.07, 6.45) is 0.749. The van der Waals surface area contributed by atoms with Gasteiger partial charge in [-0.1, -0.05) is 23.7 Å². The molecule has 0 saturated heterocycles. The van der Waals surface area contributed by atoms with Crippen LogP contribution in [-0.2, 0) is 9.53 Å². The minimum atomic E-state index is -0.217. The van der Waals surface area contributed by atoms with Crippen molar-refractivity contribution >= 4 is 23.2 Å². The fourth-order valence-electron chi connectivity index (χ4n) is 1.10. The van der Waals surface area contributed by atoms with E-state index in [1.807, 2.05) is 0 Å². The van der Waals surface area contributed by atoms with Gasteiger partial charge in [0.1, 0.15) is 6.61 Å². The maximum atomic E-state index is 11.4. The van der Waals surface area contributed by atoms with Gasteiger partial charge in [-0.25, -0.2) is 0 Å². The molecule has 3 N–H and O–H groups in total. The summed E-state index contributed by atoms with van der Waals surface area (Å²) in [4.78, 5) is 11.4. The van der Waals surface area contributed by atoms with E-state index in [-0.39, 0.29) is 12.5 Å². The third-order valence-electron chi connectivity index (χ3n) is 1.87. The van der Waals surface area contributed by atoms with Gasteiger partial charge in [0.25, 0.3) is 0 Å². The van der Waals surface area contributed by atoms with Gasteiger partial charge in [0, 0.05) is 6.61 Å². The molecule has 0 unspecified atom stereocenters. The van der Waals surface area contributed by atoms with Crippen molar-refractivity contribution in [1.29, 1.82) is 0 Å². The van der Waals surface area contributed by atoms with Crippen LogP contribution in [0.3, 0.4) is 0 Å². The van der Waals surface area contributed by atoms with Crippen molar-refractivity contribution in [3.05, 3.63) is 29.3 Å². The summed E-state index contributed by atoms with van der Waals surface area (Å²) in [7, 11) is 0. The van der Waals surface area contributed by atoms with Crippen LogP contribution in [0, 0.1) is 0 Å². The number of hydrogen-bond donors (Lipinski definition) is 2. The Morgan fingerprint density at radius 1 is 1.44 bits per heavy atom. The minimum Gasteiger partial charge on any atom is -0.372 e. The Kier molecular flexibility index (Phi) is 5.85. The summed E-state index contributed by atoms with van der Waals surface area (Å²) < 4.78 is 5.11. The largest absolute Gasteiger partial charge is 0.372 e. The van der Waals surface area contributed by atoms with E-state index in [0.717, 1.165) is 6.42 Å². The predicted molar refractivity (Wildman–Crippen MR) is 64.6 cm³/mol. The molecule has 1 aromatic carbocycles. The van der Waals surface area contributed by atoms with Crippen LogP contribution in [0.1, 0.15) is 6.42 Å². The number of ether oxygens (including phenoxy) is 1. The Hall–Kier alpha value is -1.10. The molecule has 0 heterocycles. The summed E-state index contributed by atoms with van der Waals surface area (Å²) in [5.74, 6) is -0.217. The molecule has 88 valence electrons. The Balaban J connectivity index is 2.32. The van der Waals surface area contributed by atoms with Crippen LogP contribution in [0.15, 0.2) is 24.3 Å². The first-order valence-corrected chi connectivity index (χ1v) is 5.44. The van der Waals surface area contributed by atoms with E-state index in [1.165, 1.54) is 0 Å². The Labute approximate surface area is 99.7 Å². The first-order chi connectivity index (χ1) is 7.74. The number of carbonyl (C=O) groups excluding carboxylic acids is 1. The van der Waals surface area contributed by atoms with Crippen LogP contribution in [0.2, 0.25) is 5.02 Å². The van der Waals surface area contributed by atoms with Crippen LogP contribution in [0.5, 0.6) is 0 Å². The molecule has 0 spiro atoms. The summed E-state index contributed by atoms with van der Waals surface area (Å²) in [6.45, 7) is 1.07. The zero-order valence-electron chi connectivity index (χ0n) is 8.91. The van der Waals surface area contributed by atoms with E-state index >= 15 is 0 Å². The first-order valence-electron chi connectivity index (χ1n) is 5.06. The lowest BCUT2D eigenvalue weighted by molar-refractivity contribution is -0.120. The highest BCUT2D eigenvalue weighted by Crippen LogP contribution is 2.19. The number of nitrogens with one attached hydrogen (secondary N) is 1. The molecule has 1 rings (SSSR count). The number of amides is 1. The van der Waals surface area contributed by atoms with Gasteiger partial charge in [0.15, 0.2) is 0 Å². The number of carbonyl (C=O) groups is 1. The van der Waals surface area contributed by atoms with Crippen molar-refractivity contribution in [2.24, 2.45) is 5.73 Å². The lowest BCUT2D eigenvalue weighted by Gasteiger charge is -2.07. The fraction of sp³-hybridized carbons (Fsp3) is 0.364. The van der Waals surface area contributed by atoms with E-state index in [4.69, 9.17) is 22.1 Å². The Morgan fingerprint density at radius 2 is 2.19 bits per heavy atom. The fourth-order valence-corrected chi connectivity index (χ4v) is 1.28. The molecule has 16 heavy (non-hydrogen) atoms. The van der Waals surface area contributed by atoms with Gasteiger partial charge in [0.2, 0.25) is 5.91 Å². The number of para-hydroxylation sites is 1. The van der Waals surface area contributed by atoms with Crippen LogP contribution in [0.25, 0.3) is 0 Å². The van der Waals surface area contributed by atoms with Crippen molar-refractivity contribution in [2.75, 3.05) is 25.1 Å². The second kappa shape index (κ2) is 7.22. The quantitative estimate of drug-likeness (QED) is 0.746. The zero-order valence-corrected chi connectivity index (χ0v) is 9.67. The average molecular weight is 243 g/mol.